The third kappa shape index (κ3) is 3.68. The second kappa shape index (κ2) is 7.63. The molecule has 2 aromatic carbocycles. The first kappa shape index (κ1) is 18.7. The number of hydrogen-bond donors (Lipinski definition) is 1. The lowest BCUT2D eigenvalue weighted by Gasteiger charge is -2.29. The Kier molecular flexibility index (Phi) is 5.48. The topological polar surface area (TPSA) is 79.0 Å². The van der Waals surface area contributed by atoms with Gasteiger partial charge in [0.2, 0.25) is 0 Å². The van der Waals surface area contributed by atoms with Crippen LogP contribution in [0.2, 0.25) is 0 Å². The van der Waals surface area contributed by atoms with Gasteiger partial charge in [0.05, 0.1) is 28.1 Å². The quantitative estimate of drug-likeness (QED) is 0.628. The molecule has 2 atom stereocenters. The highest BCUT2D eigenvalue weighted by Gasteiger charge is 2.33. The number of hydrogen-bond acceptors (Lipinski definition) is 5. The fourth-order valence-corrected chi connectivity index (χ4v) is 4.52. The van der Waals surface area contributed by atoms with Crippen LogP contribution >= 0.6 is 11.8 Å². The van der Waals surface area contributed by atoms with E-state index in [4.69, 9.17) is 4.99 Å². The molecule has 26 heavy (non-hydrogen) atoms. The number of rotatable bonds is 5. The zero-order valence-electron chi connectivity index (χ0n) is 15.1. The Labute approximate surface area is 157 Å². The minimum Gasteiger partial charge on any atom is -0.391 e. The number of amidine groups is 1. The van der Waals surface area contributed by atoms with E-state index in [1.54, 1.807) is 30.0 Å². The van der Waals surface area contributed by atoms with E-state index in [2.05, 4.69) is 18.7 Å². The number of aliphatic imine (C=N–C) groups is 1. The molecule has 0 amide bonds. The van der Waals surface area contributed by atoms with Crippen LogP contribution in [0.25, 0.3) is 10.8 Å². The number of benzene rings is 2. The number of nitrogens with zero attached hydrogens (tertiary/aromatic N) is 3. The van der Waals surface area contributed by atoms with Crippen LogP contribution < -0.4 is 0 Å². The molecule has 6 nitrogen and oxygen atoms in total. The third-order valence-electron chi connectivity index (χ3n) is 4.44. The van der Waals surface area contributed by atoms with Crippen LogP contribution in [0.3, 0.4) is 0 Å². The van der Waals surface area contributed by atoms with Gasteiger partial charge in [-0.2, -0.15) is 0 Å². The molecule has 1 aliphatic heterocycles. The molecular weight excluding hydrogens is 350 g/mol. The van der Waals surface area contributed by atoms with Crippen molar-refractivity contribution in [1.82, 2.24) is 4.90 Å². The van der Waals surface area contributed by atoms with E-state index in [1.165, 1.54) is 6.07 Å². The summed E-state index contributed by atoms with van der Waals surface area (Å²) >= 11 is 1.62. The number of nitro benzene ring substituents is 1. The molecule has 1 N–H and O–H groups in total. The van der Waals surface area contributed by atoms with Gasteiger partial charge in [0.1, 0.15) is 0 Å². The van der Waals surface area contributed by atoms with Crippen molar-refractivity contribution < 1.29 is 10.0 Å². The van der Waals surface area contributed by atoms with Gasteiger partial charge < -0.3 is 10.0 Å². The van der Waals surface area contributed by atoms with E-state index in [1.807, 2.05) is 19.1 Å². The van der Waals surface area contributed by atoms with Crippen LogP contribution in [0.15, 0.2) is 41.4 Å². The minimum atomic E-state index is -0.442. The molecule has 1 saturated heterocycles. The summed E-state index contributed by atoms with van der Waals surface area (Å²) in [5.41, 5.74) is 0.804. The van der Waals surface area contributed by atoms with E-state index < -0.39 is 6.10 Å². The van der Waals surface area contributed by atoms with Gasteiger partial charge in [-0.05, 0) is 25.0 Å². The van der Waals surface area contributed by atoms with Gasteiger partial charge in [-0.25, -0.2) is 4.99 Å². The first-order valence-electron chi connectivity index (χ1n) is 8.70. The Hall–Kier alpha value is -2.12. The number of aliphatic hydroxyl groups is 1. The average molecular weight is 373 g/mol. The molecular formula is C19H23N3O3S. The maximum atomic E-state index is 11.3. The van der Waals surface area contributed by atoms with E-state index in [0.29, 0.717) is 17.0 Å². The largest absolute Gasteiger partial charge is 0.391 e. The van der Waals surface area contributed by atoms with Gasteiger partial charge in [-0.1, -0.05) is 43.8 Å². The second-order valence-electron chi connectivity index (χ2n) is 6.97. The zero-order chi connectivity index (χ0) is 18.8. The summed E-state index contributed by atoms with van der Waals surface area (Å²) in [6.07, 6.45) is -0.442. The van der Waals surface area contributed by atoms with E-state index in [0.717, 1.165) is 22.9 Å². The monoisotopic (exact) mass is 373 g/mol. The summed E-state index contributed by atoms with van der Waals surface area (Å²) in [5.74, 6) is 1.22. The van der Waals surface area contributed by atoms with Crippen molar-refractivity contribution in [2.45, 2.75) is 32.9 Å². The molecule has 0 aromatic heterocycles. The van der Waals surface area contributed by atoms with E-state index in [9.17, 15) is 15.2 Å². The third-order valence-corrected chi connectivity index (χ3v) is 5.53. The van der Waals surface area contributed by atoms with Crippen LogP contribution in [-0.2, 0) is 0 Å². The molecule has 0 radical (unpaired) electrons. The highest BCUT2D eigenvalue weighted by molar-refractivity contribution is 8.14. The van der Waals surface area contributed by atoms with Crippen molar-refractivity contribution in [3.63, 3.8) is 0 Å². The van der Waals surface area contributed by atoms with Crippen LogP contribution in [0.1, 0.15) is 20.8 Å². The summed E-state index contributed by atoms with van der Waals surface area (Å²) in [6.45, 7) is 6.90. The van der Waals surface area contributed by atoms with Gasteiger partial charge in [0.25, 0.3) is 5.69 Å². The molecule has 0 aliphatic carbocycles. The standard InChI is InChI=1S/C19H23N3O3S/c1-12(2)10-21-18(13(3)23)11-26-19(21)20-16-8-9-17(22(24)25)15-7-5-4-6-14(15)16/h4-9,12-13,18,23H,10-11H2,1-3H3/t13-,18-/m1/s1. The number of nitro groups is 1. The smallest absolute Gasteiger partial charge is 0.277 e. The summed E-state index contributed by atoms with van der Waals surface area (Å²) in [7, 11) is 0. The van der Waals surface area contributed by atoms with Crippen molar-refractivity contribution in [1.29, 1.82) is 0 Å². The highest BCUT2D eigenvalue weighted by atomic mass is 32.2. The van der Waals surface area contributed by atoms with Crippen molar-refractivity contribution in [3.8, 4) is 0 Å². The lowest BCUT2D eigenvalue weighted by Crippen LogP contribution is -2.43. The summed E-state index contributed by atoms with van der Waals surface area (Å²) < 4.78 is 0. The van der Waals surface area contributed by atoms with E-state index in [-0.39, 0.29) is 16.7 Å². The average Bonchev–Trinajstić information content (AvgIpc) is 2.97. The van der Waals surface area contributed by atoms with Crippen LogP contribution in [0.4, 0.5) is 11.4 Å². The van der Waals surface area contributed by atoms with Crippen molar-refractivity contribution in [2.24, 2.45) is 10.9 Å². The molecule has 0 bridgehead atoms. The number of fused-ring (bicyclic) bond motifs is 1. The lowest BCUT2D eigenvalue weighted by molar-refractivity contribution is -0.383. The normalized spacial score (nSPS) is 20.3. The Morgan fingerprint density at radius 3 is 2.58 bits per heavy atom. The molecule has 3 rings (SSSR count). The van der Waals surface area contributed by atoms with Crippen LogP contribution in [-0.4, -0.2) is 44.5 Å². The van der Waals surface area contributed by atoms with Gasteiger partial charge in [0, 0.05) is 23.8 Å². The van der Waals surface area contributed by atoms with Crippen LogP contribution in [0, 0.1) is 16.0 Å². The fourth-order valence-electron chi connectivity index (χ4n) is 3.20. The first-order valence-corrected chi connectivity index (χ1v) is 9.69. The molecule has 138 valence electrons. The summed E-state index contributed by atoms with van der Waals surface area (Å²) in [6, 6.07) is 10.5. The zero-order valence-corrected chi connectivity index (χ0v) is 15.9. The Bertz CT molecular complexity index is 851. The number of thioether (sulfide) groups is 1. The van der Waals surface area contributed by atoms with Crippen molar-refractivity contribution in [3.05, 3.63) is 46.5 Å². The predicted molar refractivity (Wildman–Crippen MR) is 107 cm³/mol. The Morgan fingerprint density at radius 1 is 1.27 bits per heavy atom. The lowest BCUT2D eigenvalue weighted by atomic mass is 10.1. The SMILES string of the molecule is CC(C)CN1C(=Nc2ccc([N+](=O)[O-])c3ccccc23)SC[C@@H]1[C@@H](C)O. The maximum absolute atomic E-state index is 11.3. The van der Waals surface area contributed by atoms with Gasteiger partial charge in [-0.15, -0.1) is 0 Å². The molecule has 1 heterocycles. The highest BCUT2D eigenvalue weighted by Crippen LogP contribution is 2.36. The first-order chi connectivity index (χ1) is 12.4. The molecule has 1 aliphatic rings. The molecule has 0 spiro atoms. The number of non-ortho nitro benzene ring substituents is 1. The molecule has 1 fully saturated rings. The Morgan fingerprint density at radius 2 is 1.96 bits per heavy atom. The molecule has 7 heteroatoms. The van der Waals surface area contributed by atoms with Crippen LogP contribution in [0.5, 0.6) is 0 Å². The van der Waals surface area contributed by atoms with Gasteiger partial charge in [-0.3, -0.25) is 10.1 Å². The van der Waals surface area contributed by atoms with E-state index >= 15 is 0 Å². The van der Waals surface area contributed by atoms with Crippen molar-refractivity contribution >= 4 is 39.1 Å². The number of aliphatic hydroxyl groups excluding tert-OH is 1. The summed E-state index contributed by atoms with van der Waals surface area (Å²) in [4.78, 5) is 17.9. The second-order valence-corrected chi connectivity index (χ2v) is 7.95. The minimum absolute atomic E-state index is 0.0328. The van der Waals surface area contributed by atoms with Crippen molar-refractivity contribution in [2.75, 3.05) is 12.3 Å². The van der Waals surface area contributed by atoms with Gasteiger partial charge in [0.15, 0.2) is 5.17 Å². The van der Waals surface area contributed by atoms with Gasteiger partial charge >= 0.3 is 0 Å². The molecule has 0 saturated carbocycles. The Balaban J connectivity index is 2.06. The maximum Gasteiger partial charge on any atom is 0.277 e. The predicted octanol–water partition coefficient (Wildman–Crippen LogP) is 4.19. The summed E-state index contributed by atoms with van der Waals surface area (Å²) in [5, 5.41) is 23.6. The molecule has 0 unspecified atom stereocenters. The molecule has 2 aromatic rings. The fraction of sp³-hybridized carbons (Fsp3) is 0.421.